The van der Waals surface area contributed by atoms with Crippen LogP contribution in [0.2, 0.25) is 0 Å². The number of aryl methyl sites for hydroxylation is 2. The Bertz CT molecular complexity index is 6390. The molecule has 0 amide bonds. The molecule has 1 aliphatic carbocycles. The summed E-state index contributed by atoms with van der Waals surface area (Å²) < 4.78 is 0. The van der Waals surface area contributed by atoms with E-state index < -0.39 is 0 Å². The fourth-order valence-corrected chi connectivity index (χ4v) is 17.6. The summed E-state index contributed by atoms with van der Waals surface area (Å²) in [5.74, 6) is 0. The molecule has 4 heterocycles. The number of aromatic nitrogens is 4. The fraction of sp³-hybridized carbons (Fsp3) is 0.227. The van der Waals surface area contributed by atoms with Crippen molar-refractivity contribution in [2.45, 2.75) is 196 Å². The molecule has 18 aromatic rings. The van der Waals surface area contributed by atoms with E-state index in [4.69, 9.17) is 4.98 Å². The molecule has 4 aromatic heterocycles. The second-order valence-electron chi connectivity index (χ2n) is 43.7. The molecule has 0 atom stereocenters. The third-order valence-electron chi connectivity index (χ3n) is 26.1. The number of hydrogen-bond donors (Lipinski definition) is 0. The number of pyridine rings is 4. The van der Waals surface area contributed by atoms with Crippen LogP contribution in [0.1, 0.15) is 195 Å². The Morgan fingerprint density at radius 2 is 0.457 bits per heavy atom. The van der Waals surface area contributed by atoms with Crippen LogP contribution in [0.25, 0.3) is 156 Å². The van der Waals surface area contributed by atoms with Gasteiger partial charge >= 0.3 is 0 Å². The molecule has 0 aliphatic heterocycles. The predicted octanol–water partition coefficient (Wildman–Crippen LogP) is 35.5. The van der Waals surface area contributed by atoms with Gasteiger partial charge in [-0.15, -0.1) is 142 Å². The topological polar surface area (TPSA) is 51.6 Å². The zero-order valence-corrected chi connectivity index (χ0v) is 88.9. The summed E-state index contributed by atoms with van der Waals surface area (Å²) in [4.78, 5) is 18.6. The van der Waals surface area contributed by atoms with Crippen molar-refractivity contribution in [2.75, 3.05) is 0 Å². The first-order chi connectivity index (χ1) is 64.7. The van der Waals surface area contributed by atoms with Gasteiger partial charge in [-0.1, -0.05) is 352 Å². The molecule has 0 bridgehead atoms. The molecule has 14 aromatic carbocycles. The molecule has 6 heteroatoms. The molecular formula is C132H128Ir2N4-4. The standard InChI is InChI=1S/3C37H36N.C21H20N.2Ir/c3*1-36(2,3)33-17-13-26(14-18-33)30-23-31(27-15-19-34(20-16-27)37(4,5)6)25-32(24-30)28-10-9-11-29(22-28)35-12-7-8-21-38-35;1-21(2,3)17-10-11-19-16(13-17)12-15-9-8-14-6-4-5-7-18(14)20(15)22-19;;/h3*7-10,12-25H,1-6H3;4-6,10-13H,8-9H2,1-3H3;;/q4*-1;;. The van der Waals surface area contributed by atoms with Crippen molar-refractivity contribution in [1.29, 1.82) is 0 Å². The second kappa shape index (κ2) is 42.3. The Morgan fingerprint density at radius 1 is 0.203 bits per heavy atom. The minimum atomic E-state index is 0. The van der Waals surface area contributed by atoms with Gasteiger partial charge in [0.05, 0.1) is 5.52 Å². The number of fused-ring (bicyclic) bond motifs is 4. The van der Waals surface area contributed by atoms with Crippen molar-refractivity contribution in [3.63, 3.8) is 0 Å². The largest absolute Gasteiger partial charge is 0.305 e. The smallest absolute Gasteiger partial charge is 0.0595 e. The Kier molecular flexibility index (Phi) is 31.0. The van der Waals surface area contributed by atoms with E-state index in [0.717, 1.165) is 74.5 Å². The van der Waals surface area contributed by atoms with E-state index in [1.54, 1.807) is 0 Å². The minimum absolute atomic E-state index is 0. The first-order valence-corrected chi connectivity index (χ1v) is 48.1. The van der Waals surface area contributed by atoms with Crippen LogP contribution >= 0.6 is 0 Å². The number of hydrogen-bond acceptors (Lipinski definition) is 4. The molecule has 0 N–H and O–H groups in total. The summed E-state index contributed by atoms with van der Waals surface area (Å²) in [5, 5.41) is 1.26. The summed E-state index contributed by atoms with van der Waals surface area (Å²) in [6.45, 7) is 47.4. The van der Waals surface area contributed by atoms with Crippen LogP contribution < -0.4 is 0 Å². The molecule has 4 nitrogen and oxygen atoms in total. The van der Waals surface area contributed by atoms with Gasteiger partial charge in [0, 0.05) is 58.8 Å². The maximum absolute atomic E-state index is 4.95. The van der Waals surface area contributed by atoms with Gasteiger partial charge in [-0.2, -0.15) is 0 Å². The molecule has 138 heavy (non-hydrogen) atoms. The van der Waals surface area contributed by atoms with E-state index in [0.29, 0.717) is 0 Å². The minimum Gasteiger partial charge on any atom is -0.305 e. The molecule has 0 unspecified atom stereocenters. The van der Waals surface area contributed by atoms with E-state index in [2.05, 4.69) is 458 Å². The van der Waals surface area contributed by atoms with Crippen molar-refractivity contribution >= 4 is 10.9 Å². The van der Waals surface area contributed by atoms with Crippen molar-refractivity contribution in [3.05, 3.63) is 445 Å². The zero-order chi connectivity index (χ0) is 96.1. The van der Waals surface area contributed by atoms with Crippen LogP contribution in [0, 0.1) is 24.3 Å². The summed E-state index contributed by atoms with van der Waals surface area (Å²) in [6.07, 6.45) is 7.65. The first kappa shape index (κ1) is 101. The first-order valence-electron chi connectivity index (χ1n) is 48.1. The van der Waals surface area contributed by atoms with Gasteiger partial charge in [0.1, 0.15) is 0 Å². The number of rotatable bonds is 12. The molecule has 0 saturated heterocycles. The third kappa shape index (κ3) is 24.8. The summed E-state index contributed by atoms with van der Waals surface area (Å²) >= 11 is 0. The van der Waals surface area contributed by atoms with E-state index >= 15 is 0 Å². The maximum atomic E-state index is 4.95. The molecular weight excluding hydrogens is 2030 g/mol. The molecule has 698 valence electrons. The van der Waals surface area contributed by atoms with Gasteiger partial charge in [0.25, 0.3) is 0 Å². The van der Waals surface area contributed by atoms with Gasteiger partial charge in [-0.3, -0.25) is 4.98 Å². The van der Waals surface area contributed by atoms with Crippen molar-refractivity contribution in [3.8, 4) is 145 Å². The predicted molar refractivity (Wildman–Crippen MR) is 579 cm³/mol. The van der Waals surface area contributed by atoms with Crippen molar-refractivity contribution in [2.24, 2.45) is 0 Å². The normalized spacial score (nSPS) is 12.1. The Balaban J connectivity index is 0.000000149. The van der Waals surface area contributed by atoms with Gasteiger partial charge in [-0.25, -0.2) is 0 Å². The quantitative estimate of drug-likeness (QED) is 0.114. The SMILES string of the molecule is CC(C)(C)c1ccc(-c2cc(-c3ccc(C(C)(C)C)cc3)cc(-c3cc[c-]c(-c4ccccn4)c3)c2)cc1.CC(C)(C)c1ccc(-c2cc(-c3ccc(C(C)(C)C)cc3)cc(-c3cc[c-]c(-c4ccccn4)c3)c2)cc1.CC(C)(C)c1ccc(-c2cc(-c3ccc(C(C)(C)C)cc3)cc(-c3cc[c-]c(-c4ccccn4)c3)c2)cc1.CC(C)(C)c1ccc2nc3c(cc2c1)CCc1ccc[c-]c1-3.[Ir].[Ir]. The summed E-state index contributed by atoms with van der Waals surface area (Å²) in [6, 6.07) is 141. The molecule has 0 spiro atoms. The van der Waals surface area contributed by atoms with Crippen LogP contribution in [0.15, 0.2) is 370 Å². The van der Waals surface area contributed by atoms with Gasteiger partial charge in [-0.05, 0) is 280 Å². The van der Waals surface area contributed by atoms with Gasteiger partial charge in [0.15, 0.2) is 0 Å². The Morgan fingerprint density at radius 3 is 0.710 bits per heavy atom. The van der Waals surface area contributed by atoms with Crippen LogP contribution in [0.4, 0.5) is 0 Å². The van der Waals surface area contributed by atoms with E-state index in [-0.39, 0.29) is 78.1 Å². The average Bonchev–Trinajstić information content (AvgIpc) is 0.779. The Labute approximate surface area is 850 Å². The van der Waals surface area contributed by atoms with Crippen LogP contribution in [0.5, 0.6) is 0 Å². The monoisotopic (exact) mass is 2150 g/mol. The molecule has 0 saturated carbocycles. The van der Waals surface area contributed by atoms with E-state index in [1.807, 2.05) is 97.5 Å². The number of benzene rings is 14. The zero-order valence-electron chi connectivity index (χ0n) is 84.1. The van der Waals surface area contributed by atoms with E-state index in [9.17, 15) is 0 Å². The van der Waals surface area contributed by atoms with Crippen molar-refractivity contribution < 1.29 is 40.2 Å². The average molecular weight is 2150 g/mol. The Hall–Kier alpha value is -12.8. The fourth-order valence-electron chi connectivity index (χ4n) is 17.6. The summed E-state index contributed by atoms with van der Waals surface area (Å²) in [5.41, 5.74) is 43.9. The third-order valence-corrected chi connectivity index (χ3v) is 26.1. The van der Waals surface area contributed by atoms with Crippen LogP contribution in [-0.4, -0.2) is 19.9 Å². The maximum Gasteiger partial charge on any atom is 0.0595 e. The van der Waals surface area contributed by atoms with Crippen LogP contribution in [0.3, 0.4) is 0 Å². The second-order valence-corrected chi connectivity index (χ2v) is 43.7. The van der Waals surface area contributed by atoms with Gasteiger partial charge < -0.3 is 15.0 Å². The molecule has 19 rings (SSSR count). The van der Waals surface area contributed by atoms with Crippen molar-refractivity contribution in [1.82, 2.24) is 19.9 Å². The molecule has 2 radical (unpaired) electrons. The number of nitrogens with zero attached hydrogens (tertiary/aromatic N) is 4. The van der Waals surface area contributed by atoms with Crippen LogP contribution in [-0.2, 0) is 91.0 Å². The van der Waals surface area contributed by atoms with E-state index in [1.165, 1.54) is 144 Å². The molecule has 0 fully saturated rings. The van der Waals surface area contributed by atoms with Gasteiger partial charge in [0.2, 0.25) is 0 Å². The summed E-state index contributed by atoms with van der Waals surface area (Å²) in [7, 11) is 0. The molecule has 1 aliphatic rings.